The van der Waals surface area contributed by atoms with Crippen LogP contribution in [0.25, 0.3) is 0 Å². The molecule has 0 aliphatic heterocycles. The van der Waals surface area contributed by atoms with Gasteiger partial charge in [-0.3, -0.25) is 4.79 Å². The average molecular weight is 407 g/mol. The summed E-state index contributed by atoms with van der Waals surface area (Å²) in [5.41, 5.74) is 0.467. The molecule has 0 aromatic heterocycles. The van der Waals surface area contributed by atoms with Crippen molar-refractivity contribution in [2.24, 2.45) is 0 Å². The molecule has 0 unspecified atom stereocenters. The molecule has 0 bridgehead atoms. The molecule has 0 aliphatic rings. The normalized spacial score (nSPS) is 10.5. The van der Waals surface area contributed by atoms with Crippen LogP contribution < -0.4 is 5.32 Å². The van der Waals surface area contributed by atoms with E-state index in [4.69, 9.17) is 11.6 Å². The van der Waals surface area contributed by atoms with E-state index in [0.717, 1.165) is 0 Å². The second kappa shape index (κ2) is 7.94. The quantitative estimate of drug-likeness (QED) is 0.734. The molecule has 0 fully saturated rings. The Morgan fingerprint density at radius 1 is 1.23 bits per heavy atom. The van der Waals surface area contributed by atoms with Crippen molar-refractivity contribution in [3.63, 3.8) is 0 Å². The molecule has 22 heavy (non-hydrogen) atoms. The summed E-state index contributed by atoms with van der Waals surface area (Å²) in [4.78, 5) is 11.8. The summed E-state index contributed by atoms with van der Waals surface area (Å²) in [6.07, 6.45) is 0. The van der Waals surface area contributed by atoms with Crippen molar-refractivity contribution in [3.8, 4) is 0 Å². The Morgan fingerprint density at radius 3 is 2.68 bits per heavy atom. The van der Waals surface area contributed by atoms with E-state index in [1.54, 1.807) is 12.1 Å². The number of carbonyl (C=O) groups excluding carboxylic acids is 1. The molecule has 2 aromatic rings. The molecule has 0 atom stereocenters. The highest BCUT2D eigenvalue weighted by molar-refractivity contribution is 9.10. The van der Waals surface area contributed by atoms with Crippen LogP contribution in [0.3, 0.4) is 0 Å². The van der Waals surface area contributed by atoms with Crippen LogP contribution in [0.5, 0.6) is 0 Å². The highest BCUT2D eigenvalue weighted by Gasteiger charge is 2.10. The average Bonchev–Trinajstić information content (AvgIpc) is 2.45. The maximum Gasteiger partial charge on any atom is 0.234 e. The second-order valence-electron chi connectivity index (χ2n) is 4.37. The first-order chi connectivity index (χ1) is 10.5. The Labute approximate surface area is 144 Å². The van der Waals surface area contributed by atoms with Crippen molar-refractivity contribution in [2.75, 3.05) is 11.1 Å². The summed E-state index contributed by atoms with van der Waals surface area (Å²) in [5.74, 6) is -0.954. The lowest BCUT2D eigenvalue weighted by molar-refractivity contribution is -0.113. The first-order valence-corrected chi connectivity index (χ1v) is 8.55. The molecule has 0 saturated heterocycles. The minimum atomic E-state index is -0.523. The van der Waals surface area contributed by atoms with Crippen LogP contribution in [0, 0.1) is 11.6 Å². The van der Waals surface area contributed by atoms with Gasteiger partial charge < -0.3 is 5.32 Å². The van der Waals surface area contributed by atoms with Crippen LogP contribution in [0.15, 0.2) is 40.9 Å². The third-order valence-electron chi connectivity index (χ3n) is 2.75. The summed E-state index contributed by atoms with van der Waals surface area (Å²) in [6, 6.07) is 8.80. The number of nitrogens with one attached hydrogen (secondary N) is 1. The number of hydrogen-bond acceptors (Lipinski definition) is 2. The van der Waals surface area contributed by atoms with Gasteiger partial charge in [0, 0.05) is 20.8 Å². The summed E-state index contributed by atoms with van der Waals surface area (Å²) >= 11 is 10.2. The minimum absolute atomic E-state index is 0.0696. The van der Waals surface area contributed by atoms with E-state index in [9.17, 15) is 13.6 Å². The zero-order chi connectivity index (χ0) is 16.1. The van der Waals surface area contributed by atoms with Crippen molar-refractivity contribution in [1.29, 1.82) is 0 Å². The molecule has 7 heteroatoms. The molecule has 2 nitrogen and oxygen atoms in total. The zero-order valence-electron chi connectivity index (χ0n) is 11.2. The molecule has 116 valence electrons. The van der Waals surface area contributed by atoms with Crippen LogP contribution in [-0.2, 0) is 10.5 Å². The monoisotopic (exact) mass is 405 g/mol. The summed E-state index contributed by atoms with van der Waals surface area (Å²) in [5, 5.41) is 2.80. The van der Waals surface area contributed by atoms with Gasteiger partial charge in [-0.2, -0.15) is 0 Å². The number of rotatable bonds is 5. The van der Waals surface area contributed by atoms with Crippen LogP contribution in [0.2, 0.25) is 5.02 Å². The fourth-order valence-electron chi connectivity index (χ4n) is 1.69. The Bertz CT molecular complexity index is 679. The maximum atomic E-state index is 13.6. The third-order valence-corrected chi connectivity index (χ3v) is 4.55. The predicted molar refractivity (Wildman–Crippen MR) is 90.3 cm³/mol. The molecule has 2 aromatic carbocycles. The van der Waals surface area contributed by atoms with Crippen molar-refractivity contribution in [2.45, 2.75) is 5.75 Å². The van der Waals surface area contributed by atoms with Gasteiger partial charge in [0.2, 0.25) is 5.91 Å². The molecule has 1 amide bonds. The summed E-state index contributed by atoms with van der Waals surface area (Å²) < 4.78 is 27.7. The number of carbonyl (C=O) groups is 1. The lowest BCUT2D eigenvalue weighted by Gasteiger charge is -2.08. The van der Waals surface area contributed by atoms with Crippen LogP contribution in [0.4, 0.5) is 14.5 Å². The van der Waals surface area contributed by atoms with Gasteiger partial charge in [0.05, 0.1) is 11.4 Å². The number of halogens is 4. The standard InChI is InChI=1S/C15H11BrClF2NOS/c16-9-4-5-14(13(19)6-9)20-15(21)8-22-7-10-11(17)2-1-3-12(10)18/h1-6H,7-8H2,(H,20,21). The van der Waals surface area contributed by atoms with Gasteiger partial charge in [-0.15, -0.1) is 11.8 Å². The Morgan fingerprint density at radius 2 is 2.00 bits per heavy atom. The number of thioether (sulfide) groups is 1. The molecule has 0 saturated carbocycles. The van der Waals surface area contributed by atoms with Gasteiger partial charge >= 0.3 is 0 Å². The van der Waals surface area contributed by atoms with Gasteiger partial charge in [0.15, 0.2) is 0 Å². The van der Waals surface area contributed by atoms with E-state index in [-0.39, 0.29) is 23.1 Å². The maximum absolute atomic E-state index is 13.6. The molecular weight excluding hydrogens is 396 g/mol. The Balaban J connectivity index is 1.88. The number of hydrogen-bond donors (Lipinski definition) is 1. The van der Waals surface area contributed by atoms with Gasteiger partial charge in [-0.1, -0.05) is 33.6 Å². The summed E-state index contributed by atoms with van der Waals surface area (Å²) in [7, 11) is 0. The van der Waals surface area contributed by atoms with Gasteiger partial charge in [-0.25, -0.2) is 8.78 Å². The minimum Gasteiger partial charge on any atom is -0.323 e. The van der Waals surface area contributed by atoms with Gasteiger partial charge in [-0.05, 0) is 30.3 Å². The highest BCUT2D eigenvalue weighted by Crippen LogP contribution is 2.24. The lowest BCUT2D eigenvalue weighted by Crippen LogP contribution is -2.15. The van der Waals surface area contributed by atoms with E-state index in [2.05, 4.69) is 21.2 Å². The molecule has 2 rings (SSSR count). The Kier molecular flexibility index (Phi) is 6.23. The Hall–Kier alpha value is -1.11. The zero-order valence-corrected chi connectivity index (χ0v) is 14.4. The van der Waals surface area contributed by atoms with Crippen LogP contribution >= 0.6 is 39.3 Å². The molecule has 1 N–H and O–H groups in total. The SMILES string of the molecule is O=C(CSCc1c(F)cccc1Cl)Nc1ccc(Br)cc1F. The predicted octanol–water partition coefficient (Wildman–Crippen LogP) is 5.25. The van der Waals surface area contributed by atoms with Crippen molar-refractivity contribution >= 4 is 50.9 Å². The molecular formula is C15H11BrClF2NOS. The fourth-order valence-corrected chi connectivity index (χ4v) is 3.19. The topological polar surface area (TPSA) is 29.1 Å². The molecule has 0 aliphatic carbocycles. The highest BCUT2D eigenvalue weighted by atomic mass is 79.9. The molecule has 0 radical (unpaired) electrons. The van der Waals surface area contributed by atoms with E-state index in [1.165, 1.54) is 36.0 Å². The molecule has 0 heterocycles. The van der Waals surface area contributed by atoms with E-state index in [0.29, 0.717) is 15.1 Å². The van der Waals surface area contributed by atoms with E-state index >= 15 is 0 Å². The fraction of sp³-hybridized carbons (Fsp3) is 0.133. The van der Waals surface area contributed by atoms with Crippen LogP contribution in [-0.4, -0.2) is 11.7 Å². The van der Waals surface area contributed by atoms with Gasteiger partial charge in [0.1, 0.15) is 11.6 Å². The first-order valence-electron chi connectivity index (χ1n) is 6.23. The van der Waals surface area contributed by atoms with Crippen molar-refractivity contribution in [1.82, 2.24) is 0 Å². The molecule has 0 spiro atoms. The summed E-state index contributed by atoms with van der Waals surface area (Å²) in [6.45, 7) is 0. The van der Waals surface area contributed by atoms with Crippen molar-refractivity contribution < 1.29 is 13.6 Å². The third kappa shape index (κ3) is 4.69. The van der Waals surface area contributed by atoms with Crippen molar-refractivity contribution in [3.05, 3.63) is 63.1 Å². The number of amides is 1. The lowest BCUT2D eigenvalue weighted by atomic mass is 10.2. The van der Waals surface area contributed by atoms with Crippen LogP contribution in [0.1, 0.15) is 5.56 Å². The number of benzene rings is 2. The van der Waals surface area contributed by atoms with E-state index < -0.39 is 11.6 Å². The first kappa shape index (κ1) is 17.2. The van der Waals surface area contributed by atoms with E-state index in [1.807, 2.05) is 0 Å². The number of anilines is 1. The second-order valence-corrected chi connectivity index (χ2v) is 6.67. The largest absolute Gasteiger partial charge is 0.323 e. The smallest absolute Gasteiger partial charge is 0.234 e. The van der Waals surface area contributed by atoms with Gasteiger partial charge in [0.25, 0.3) is 0 Å².